The van der Waals surface area contributed by atoms with Crippen LogP contribution in [0.4, 0.5) is 0 Å². The fourth-order valence-electron chi connectivity index (χ4n) is 0.976. The van der Waals surface area contributed by atoms with Gasteiger partial charge in [-0.2, -0.15) is 0 Å². The molecule has 3 heteroatoms. The van der Waals surface area contributed by atoms with Crippen molar-refractivity contribution in [3.05, 3.63) is 29.8 Å². The number of likely N-dealkylation sites (N-methyl/N-ethyl adjacent to an activating group) is 1. The highest BCUT2D eigenvalue weighted by molar-refractivity contribution is 5.27. The number of ether oxygens (including phenoxy) is 1. The van der Waals surface area contributed by atoms with Crippen LogP contribution in [0.2, 0.25) is 0 Å². The minimum absolute atomic E-state index is 0. The molecule has 0 saturated carbocycles. The predicted octanol–water partition coefficient (Wildman–Crippen LogP) is -1.40. The molecule has 0 fully saturated rings. The molecule has 0 aliphatic rings. The van der Waals surface area contributed by atoms with Crippen LogP contribution in [-0.4, -0.2) is 20.2 Å². The number of nitrogens with one attached hydrogen (secondary N) is 1. The molecule has 1 aromatic rings. The van der Waals surface area contributed by atoms with E-state index in [1.807, 2.05) is 25.2 Å². The zero-order valence-corrected chi connectivity index (χ0v) is 8.77. The Kier molecular flexibility index (Phi) is 6.37. The summed E-state index contributed by atoms with van der Waals surface area (Å²) in [5.41, 5.74) is 1.23. The second-order valence-corrected chi connectivity index (χ2v) is 2.77. The maximum absolute atomic E-state index is 5.46. The molecule has 0 bridgehead atoms. The van der Waals surface area contributed by atoms with E-state index in [1.165, 1.54) is 5.56 Å². The molecule has 13 heavy (non-hydrogen) atoms. The lowest BCUT2D eigenvalue weighted by Gasteiger charge is -2.05. The number of hydrogen-bond acceptors (Lipinski definition) is 2. The quantitative estimate of drug-likeness (QED) is 0.604. The Labute approximate surface area is 85.7 Å². The maximum Gasteiger partial charge on any atom is 0.119 e. The van der Waals surface area contributed by atoms with Gasteiger partial charge in [0, 0.05) is 6.54 Å². The van der Waals surface area contributed by atoms with Gasteiger partial charge >= 0.3 is 0 Å². The van der Waals surface area contributed by atoms with Gasteiger partial charge in [-0.25, -0.2) is 0 Å². The summed E-state index contributed by atoms with van der Waals surface area (Å²) in [4.78, 5) is 0. The summed E-state index contributed by atoms with van der Waals surface area (Å²) in [6, 6.07) is 8.08. The van der Waals surface area contributed by atoms with Crippen LogP contribution in [0.1, 0.15) is 5.56 Å². The molecular weight excluding hydrogens is 186 g/mol. The van der Waals surface area contributed by atoms with Crippen molar-refractivity contribution in [2.45, 2.75) is 6.92 Å². The summed E-state index contributed by atoms with van der Waals surface area (Å²) >= 11 is 0. The van der Waals surface area contributed by atoms with E-state index < -0.39 is 0 Å². The number of hydrogen-bond donors (Lipinski definition) is 1. The Morgan fingerprint density at radius 1 is 1.38 bits per heavy atom. The van der Waals surface area contributed by atoms with Crippen molar-refractivity contribution in [3.63, 3.8) is 0 Å². The van der Waals surface area contributed by atoms with Crippen LogP contribution < -0.4 is 22.5 Å². The topological polar surface area (TPSA) is 21.3 Å². The van der Waals surface area contributed by atoms with Gasteiger partial charge in [0.25, 0.3) is 0 Å². The summed E-state index contributed by atoms with van der Waals surface area (Å²) in [7, 11) is 1.92. The second kappa shape index (κ2) is 6.75. The minimum Gasteiger partial charge on any atom is -1.00 e. The molecule has 0 spiro atoms. The Morgan fingerprint density at radius 3 is 2.77 bits per heavy atom. The molecule has 0 heterocycles. The fraction of sp³-hybridized carbons (Fsp3) is 0.400. The molecule has 0 atom stereocenters. The highest BCUT2D eigenvalue weighted by Crippen LogP contribution is 2.11. The van der Waals surface area contributed by atoms with Gasteiger partial charge in [-0.1, -0.05) is 12.1 Å². The van der Waals surface area contributed by atoms with Crippen LogP contribution >= 0.6 is 0 Å². The molecule has 0 aromatic heterocycles. The van der Waals surface area contributed by atoms with E-state index in [1.54, 1.807) is 0 Å². The summed E-state index contributed by atoms with van der Waals surface area (Å²) in [5, 5.41) is 3.03. The summed E-state index contributed by atoms with van der Waals surface area (Å²) in [6.07, 6.45) is 0. The second-order valence-electron chi connectivity index (χ2n) is 2.77. The molecule has 2 nitrogen and oxygen atoms in total. The Morgan fingerprint density at radius 2 is 2.15 bits per heavy atom. The minimum atomic E-state index is 0. The number of benzene rings is 1. The lowest BCUT2D eigenvalue weighted by molar-refractivity contribution is -0.00000309. The van der Waals surface area contributed by atoms with Crippen molar-refractivity contribution < 1.29 is 17.1 Å². The predicted molar refractivity (Wildman–Crippen MR) is 50.6 cm³/mol. The lowest BCUT2D eigenvalue weighted by Crippen LogP contribution is -3.00. The molecule has 0 aliphatic heterocycles. The molecule has 0 aliphatic carbocycles. The van der Waals surface area contributed by atoms with Gasteiger partial charge in [0.15, 0.2) is 0 Å². The molecule has 0 saturated heterocycles. The Hall–Kier alpha value is -0.730. The van der Waals surface area contributed by atoms with E-state index in [2.05, 4.69) is 18.3 Å². The van der Waals surface area contributed by atoms with Crippen molar-refractivity contribution in [1.82, 2.24) is 5.32 Å². The van der Waals surface area contributed by atoms with E-state index in [4.69, 9.17) is 4.74 Å². The van der Waals surface area contributed by atoms with Gasteiger partial charge in [0.2, 0.25) is 0 Å². The summed E-state index contributed by atoms with van der Waals surface area (Å²) in [6.45, 7) is 3.67. The molecule has 74 valence electrons. The van der Waals surface area contributed by atoms with Crippen LogP contribution in [-0.2, 0) is 0 Å². The smallest absolute Gasteiger partial charge is 0.119 e. The molecule has 0 unspecified atom stereocenters. The SMILES string of the molecule is CNCCOc1cccc(C)c1.[Cl-]. The van der Waals surface area contributed by atoms with Crippen molar-refractivity contribution in [3.8, 4) is 5.75 Å². The highest BCUT2D eigenvalue weighted by atomic mass is 35.5. The molecule has 1 aromatic carbocycles. The monoisotopic (exact) mass is 200 g/mol. The highest BCUT2D eigenvalue weighted by Gasteiger charge is 1.91. The Balaban J connectivity index is 0.00000144. The van der Waals surface area contributed by atoms with Gasteiger partial charge in [-0.15, -0.1) is 0 Å². The van der Waals surface area contributed by atoms with Crippen LogP contribution in [0.15, 0.2) is 24.3 Å². The van der Waals surface area contributed by atoms with Crippen molar-refractivity contribution in [2.24, 2.45) is 0 Å². The zero-order chi connectivity index (χ0) is 8.81. The largest absolute Gasteiger partial charge is 1.00 e. The summed E-state index contributed by atoms with van der Waals surface area (Å²) in [5.74, 6) is 0.949. The van der Waals surface area contributed by atoms with Gasteiger partial charge in [-0.3, -0.25) is 0 Å². The van der Waals surface area contributed by atoms with Crippen molar-refractivity contribution >= 4 is 0 Å². The number of halogens is 1. The standard InChI is InChI=1S/C10H15NO.ClH/c1-9-4-3-5-10(8-9)12-7-6-11-2;/h3-5,8,11H,6-7H2,1-2H3;1H/p-1. The lowest BCUT2D eigenvalue weighted by atomic mass is 10.2. The Bertz CT molecular complexity index is 240. The third-order valence-electron chi connectivity index (χ3n) is 1.61. The first kappa shape index (κ1) is 12.3. The third kappa shape index (κ3) is 4.76. The van der Waals surface area contributed by atoms with E-state index in [9.17, 15) is 0 Å². The molecule has 0 radical (unpaired) electrons. The molecule has 1 N–H and O–H groups in total. The van der Waals surface area contributed by atoms with Gasteiger partial charge in [0.05, 0.1) is 0 Å². The average Bonchev–Trinajstić information content (AvgIpc) is 2.05. The first-order valence-corrected chi connectivity index (χ1v) is 4.17. The normalized spacial score (nSPS) is 9.08. The first-order chi connectivity index (χ1) is 5.83. The third-order valence-corrected chi connectivity index (χ3v) is 1.61. The van der Waals surface area contributed by atoms with Gasteiger partial charge in [0.1, 0.15) is 12.4 Å². The first-order valence-electron chi connectivity index (χ1n) is 4.17. The average molecular weight is 201 g/mol. The van der Waals surface area contributed by atoms with Crippen LogP contribution in [0.5, 0.6) is 5.75 Å². The molecular formula is C10H15ClNO-. The maximum atomic E-state index is 5.46. The van der Waals surface area contributed by atoms with E-state index in [0.29, 0.717) is 0 Å². The van der Waals surface area contributed by atoms with Crippen LogP contribution in [0.25, 0.3) is 0 Å². The number of rotatable bonds is 4. The van der Waals surface area contributed by atoms with E-state index in [-0.39, 0.29) is 12.4 Å². The van der Waals surface area contributed by atoms with Crippen molar-refractivity contribution in [1.29, 1.82) is 0 Å². The van der Waals surface area contributed by atoms with Gasteiger partial charge < -0.3 is 22.5 Å². The molecule has 0 amide bonds. The van der Waals surface area contributed by atoms with Crippen LogP contribution in [0.3, 0.4) is 0 Å². The van der Waals surface area contributed by atoms with E-state index in [0.717, 1.165) is 18.9 Å². The van der Waals surface area contributed by atoms with E-state index >= 15 is 0 Å². The number of aryl methyl sites for hydroxylation is 1. The van der Waals surface area contributed by atoms with Crippen LogP contribution in [0, 0.1) is 6.92 Å². The van der Waals surface area contributed by atoms with Gasteiger partial charge in [-0.05, 0) is 31.7 Å². The molecule has 1 rings (SSSR count). The fourth-order valence-corrected chi connectivity index (χ4v) is 0.976. The van der Waals surface area contributed by atoms with Crippen molar-refractivity contribution in [2.75, 3.05) is 20.2 Å². The summed E-state index contributed by atoms with van der Waals surface area (Å²) < 4.78 is 5.46. The zero-order valence-electron chi connectivity index (χ0n) is 8.01.